The number of nitro benzene ring substituents is 1. The van der Waals surface area contributed by atoms with Crippen molar-refractivity contribution in [1.82, 2.24) is 4.90 Å². The SMILES string of the molecule is COC1(C)CCCN(C(=O)c2cc([N+](=O)[O-])ccc2N)C1. The topological polar surface area (TPSA) is 98.7 Å². The summed E-state index contributed by atoms with van der Waals surface area (Å²) in [4.78, 5) is 24.5. The van der Waals surface area contributed by atoms with Crippen molar-refractivity contribution < 1.29 is 14.5 Å². The summed E-state index contributed by atoms with van der Waals surface area (Å²) in [6.07, 6.45) is 1.70. The molecule has 7 nitrogen and oxygen atoms in total. The van der Waals surface area contributed by atoms with E-state index >= 15 is 0 Å². The van der Waals surface area contributed by atoms with Crippen LogP contribution < -0.4 is 5.73 Å². The van der Waals surface area contributed by atoms with Gasteiger partial charge in [0.05, 0.1) is 16.1 Å². The smallest absolute Gasteiger partial charge is 0.270 e. The number of piperidine rings is 1. The molecule has 0 aliphatic carbocycles. The minimum absolute atomic E-state index is 0.140. The number of likely N-dealkylation sites (tertiary alicyclic amines) is 1. The van der Waals surface area contributed by atoms with Gasteiger partial charge in [0, 0.05) is 38.0 Å². The molecule has 1 aromatic carbocycles. The second-order valence-electron chi connectivity index (χ2n) is 5.51. The molecule has 1 aliphatic heterocycles. The molecule has 0 aromatic heterocycles. The van der Waals surface area contributed by atoms with E-state index in [-0.39, 0.29) is 28.4 Å². The van der Waals surface area contributed by atoms with Crippen LogP contribution in [-0.2, 0) is 4.74 Å². The van der Waals surface area contributed by atoms with E-state index in [2.05, 4.69) is 0 Å². The number of amides is 1. The van der Waals surface area contributed by atoms with Gasteiger partial charge in [-0.1, -0.05) is 0 Å². The number of nitro groups is 1. The lowest BCUT2D eigenvalue weighted by Gasteiger charge is -2.39. The number of nitrogens with two attached hydrogens (primary N) is 1. The minimum Gasteiger partial charge on any atom is -0.398 e. The van der Waals surface area contributed by atoms with E-state index in [4.69, 9.17) is 10.5 Å². The highest BCUT2D eigenvalue weighted by Crippen LogP contribution is 2.27. The van der Waals surface area contributed by atoms with Crippen molar-refractivity contribution in [3.8, 4) is 0 Å². The Morgan fingerprint density at radius 1 is 1.52 bits per heavy atom. The second kappa shape index (κ2) is 5.69. The molecule has 1 saturated heterocycles. The molecule has 1 aromatic rings. The van der Waals surface area contributed by atoms with Gasteiger partial charge in [0.15, 0.2) is 0 Å². The summed E-state index contributed by atoms with van der Waals surface area (Å²) in [6, 6.07) is 3.92. The highest BCUT2D eigenvalue weighted by molar-refractivity contribution is 5.99. The van der Waals surface area contributed by atoms with E-state index in [0.717, 1.165) is 12.8 Å². The summed E-state index contributed by atoms with van der Waals surface area (Å²) in [7, 11) is 1.62. The summed E-state index contributed by atoms with van der Waals surface area (Å²) in [5, 5.41) is 10.8. The van der Waals surface area contributed by atoms with Gasteiger partial charge in [-0.25, -0.2) is 0 Å². The number of non-ortho nitro benzene ring substituents is 1. The quantitative estimate of drug-likeness (QED) is 0.520. The number of carbonyl (C=O) groups excluding carboxylic acids is 1. The van der Waals surface area contributed by atoms with Gasteiger partial charge >= 0.3 is 0 Å². The molecule has 1 amide bonds. The van der Waals surface area contributed by atoms with Crippen molar-refractivity contribution >= 4 is 17.3 Å². The van der Waals surface area contributed by atoms with Crippen LogP contribution in [0.5, 0.6) is 0 Å². The number of methoxy groups -OCH3 is 1. The van der Waals surface area contributed by atoms with Crippen LogP contribution in [0.3, 0.4) is 0 Å². The Bertz CT molecular complexity index is 575. The van der Waals surface area contributed by atoms with Crippen LogP contribution in [0.2, 0.25) is 0 Å². The Hall–Kier alpha value is -2.15. The average molecular weight is 293 g/mol. The van der Waals surface area contributed by atoms with Crippen molar-refractivity contribution in [3.63, 3.8) is 0 Å². The fraction of sp³-hybridized carbons (Fsp3) is 0.500. The monoisotopic (exact) mass is 293 g/mol. The highest BCUT2D eigenvalue weighted by Gasteiger charge is 2.34. The lowest BCUT2D eigenvalue weighted by molar-refractivity contribution is -0.384. The third-order valence-electron chi connectivity index (χ3n) is 3.92. The third-order valence-corrected chi connectivity index (χ3v) is 3.92. The first-order valence-electron chi connectivity index (χ1n) is 6.75. The van der Waals surface area contributed by atoms with Crippen molar-refractivity contribution in [1.29, 1.82) is 0 Å². The zero-order chi connectivity index (χ0) is 15.6. The summed E-state index contributed by atoms with van der Waals surface area (Å²) in [5.41, 5.74) is 5.69. The molecule has 1 unspecified atom stereocenters. The molecule has 21 heavy (non-hydrogen) atoms. The van der Waals surface area contributed by atoms with Gasteiger partial charge in [0.1, 0.15) is 0 Å². The summed E-state index contributed by atoms with van der Waals surface area (Å²) in [5.74, 6) is -0.292. The van der Waals surface area contributed by atoms with Crippen LogP contribution in [0, 0.1) is 10.1 Å². The Kier molecular flexibility index (Phi) is 4.13. The molecular formula is C14H19N3O4. The number of nitrogens with zero attached hydrogens (tertiary/aromatic N) is 2. The molecule has 114 valence electrons. The highest BCUT2D eigenvalue weighted by atomic mass is 16.6. The maximum Gasteiger partial charge on any atom is 0.270 e. The van der Waals surface area contributed by atoms with E-state index in [0.29, 0.717) is 13.1 Å². The fourth-order valence-corrected chi connectivity index (χ4v) is 2.56. The van der Waals surface area contributed by atoms with Crippen molar-refractivity contribution in [2.24, 2.45) is 0 Å². The first-order chi connectivity index (χ1) is 9.86. The van der Waals surface area contributed by atoms with E-state index in [1.54, 1.807) is 12.0 Å². The Balaban J connectivity index is 2.27. The minimum atomic E-state index is -0.536. The number of hydrogen-bond acceptors (Lipinski definition) is 5. The lowest BCUT2D eigenvalue weighted by atomic mass is 9.94. The van der Waals surface area contributed by atoms with Gasteiger partial charge in [0.25, 0.3) is 11.6 Å². The molecule has 0 spiro atoms. The van der Waals surface area contributed by atoms with Crippen LogP contribution >= 0.6 is 0 Å². The zero-order valence-corrected chi connectivity index (χ0v) is 12.2. The van der Waals surface area contributed by atoms with Gasteiger partial charge < -0.3 is 15.4 Å². The Morgan fingerprint density at radius 2 is 2.24 bits per heavy atom. The van der Waals surface area contributed by atoms with E-state index in [1.165, 1.54) is 18.2 Å². The number of anilines is 1. The molecule has 1 aliphatic rings. The molecule has 2 N–H and O–H groups in total. The van der Waals surface area contributed by atoms with Crippen LogP contribution in [0.15, 0.2) is 18.2 Å². The van der Waals surface area contributed by atoms with Gasteiger partial charge in [-0.2, -0.15) is 0 Å². The molecule has 0 bridgehead atoms. The predicted molar refractivity (Wildman–Crippen MR) is 78.1 cm³/mol. The maximum absolute atomic E-state index is 12.6. The molecule has 1 fully saturated rings. The zero-order valence-electron chi connectivity index (χ0n) is 12.2. The molecule has 1 heterocycles. The average Bonchev–Trinajstić information content (AvgIpc) is 2.47. The molecule has 7 heteroatoms. The summed E-state index contributed by atoms with van der Waals surface area (Å²) < 4.78 is 5.45. The van der Waals surface area contributed by atoms with Crippen molar-refractivity contribution in [3.05, 3.63) is 33.9 Å². The number of nitrogen functional groups attached to an aromatic ring is 1. The summed E-state index contributed by atoms with van der Waals surface area (Å²) in [6.45, 7) is 2.99. The van der Waals surface area contributed by atoms with Crippen LogP contribution in [0.4, 0.5) is 11.4 Å². The molecule has 2 rings (SSSR count). The van der Waals surface area contributed by atoms with E-state index in [1.807, 2.05) is 6.92 Å². The van der Waals surface area contributed by atoms with Gasteiger partial charge in [0.2, 0.25) is 0 Å². The van der Waals surface area contributed by atoms with Crippen LogP contribution in [0.1, 0.15) is 30.1 Å². The normalized spacial score (nSPS) is 22.1. The number of carbonyl (C=O) groups is 1. The fourth-order valence-electron chi connectivity index (χ4n) is 2.56. The van der Waals surface area contributed by atoms with Crippen LogP contribution in [0.25, 0.3) is 0 Å². The number of ether oxygens (including phenoxy) is 1. The van der Waals surface area contributed by atoms with Crippen molar-refractivity contribution in [2.45, 2.75) is 25.4 Å². The van der Waals surface area contributed by atoms with Gasteiger partial charge in [-0.05, 0) is 25.8 Å². The van der Waals surface area contributed by atoms with Crippen molar-refractivity contribution in [2.75, 3.05) is 25.9 Å². The standard InChI is InChI=1S/C14H19N3O4/c1-14(21-2)6-3-7-16(9-14)13(18)11-8-10(17(19)20)4-5-12(11)15/h4-5,8H,3,6-7,9,15H2,1-2H3. The molecule has 1 atom stereocenters. The van der Waals surface area contributed by atoms with Crippen LogP contribution in [-0.4, -0.2) is 41.5 Å². The van der Waals surface area contributed by atoms with Gasteiger partial charge in [-0.3, -0.25) is 14.9 Å². The lowest BCUT2D eigenvalue weighted by Crippen LogP contribution is -2.49. The Morgan fingerprint density at radius 3 is 2.86 bits per heavy atom. The van der Waals surface area contributed by atoms with E-state index in [9.17, 15) is 14.9 Å². The van der Waals surface area contributed by atoms with Gasteiger partial charge in [-0.15, -0.1) is 0 Å². The Labute approximate surface area is 122 Å². The maximum atomic E-state index is 12.6. The molecule has 0 saturated carbocycles. The molecular weight excluding hydrogens is 274 g/mol. The summed E-state index contributed by atoms with van der Waals surface area (Å²) >= 11 is 0. The number of benzene rings is 1. The first-order valence-corrected chi connectivity index (χ1v) is 6.75. The first kappa shape index (κ1) is 15.2. The third kappa shape index (κ3) is 3.13. The number of hydrogen-bond donors (Lipinski definition) is 1. The van der Waals surface area contributed by atoms with E-state index < -0.39 is 4.92 Å². The predicted octanol–water partition coefficient (Wildman–Crippen LogP) is 1.82. The second-order valence-corrected chi connectivity index (χ2v) is 5.51. The largest absolute Gasteiger partial charge is 0.398 e. The number of rotatable bonds is 3. The molecule has 0 radical (unpaired) electrons.